The number of para-hydroxylation sites is 3. The summed E-state index contributed by atoms with van der Waals surface area (Å²) in [5.41, 5.74) is 12.6. The van der Waals surface area contributed by atoms with Crippen molar-refractivity contribution in [3.05, 3.63) is 182 Å². The maximum atomic E-state index is 6.76. The molecule has 0 radical (unpaired) electrons. The predicted molar refractivity (Wildman–Crippen MR) is 225 cm³/mol. The minimum Gasteiger partial charge on any atom is -0.455 e. The Morgan fingerprint density at radius 1 is 0.339 bits per heavy atom. The molecule has 7 aromatic carbocycles. The Hall–Kier alpha value is -7.70. The van der Waals surface area contributed by atoms with E-state index in [4.69, 9.17) is 18.8 Å². The second-order valence-corrected chi connectivity index (χ2v) is 13.8. The summed E-state index contributed by atoms with van der Waals surface area (Å²) in [5.74, 6) is 1.26. The van der Waals surface area contributed by atoms with Crippen molar-refractivity contribution in [3.63, 3.8) is 0 Å². The molecule has 56 heavy (non-hydrogen) atoms. The van der Waals surface area contributed by atoms with Crippen LogP contribution < -0.4 is 0 Å². The highest BCUT2D eigenvalue weighted by Gasteiger charge is 2.22. The third-order valence-electron chi connectivity index (χ3n) is 10.5. The van der Waals surface area contributed by atoms with Crippen LogP contribution in [0.4, 0.5) is 0 Å². The molecule has 11 rings (SSSR count). The molecule has 11 aromatic rings. The van der Waals surface area contributed by atoms with Crippen LogP contribution >= 0.6 is 0 Å². The summed E-state index contributed by atoms with van der Waals surface area (Å²) < 4.78 is 13.3. The Kier molecular flexibility index (Phi) is 7.38. The van der Waals surface area contributed by atoms with E-state index in [-0.39, 0.29) is 0 Å². The van der Waals surface area contributed by atoms with Gasteiger partial charge in [0.05, 0.1) is 11.4 Å². The van der Waals surface area contributed by atoms with Gasteiger partial charge in [-0.1, -0.05) is 146 Å². The molecular formula is C50H30N4O2. The van der Waals surface area contributed by atoms with E-state index in [1.54, 1.807) is 0 Å². The van der Waals surface area contributed by atoms with Crippen LogP contribution in [0.25, 0.3) is 111 Å². The lowest BCUT2D eigenvalue weighted by Gasteiger charge is -2.12. The SMILES string of the molecule is c1ccc(-c2cnc(-c3ccc(-c4nc(-c5ccccc5)cc(-c5ccc(-c6cccc7c6oc6ccccc67)c6c5oc5ccccc56)n4)cc3)nc2)cc1. The van der Waals surface area contributed by atoms with Crippen LogP contribution in [0.1, 0.15) is 0 Å². The zero-order chi connectivity index (χ0) is 37.0. The Morgan fingerprint density at radius 3 is 1.66 bits per heavy atom. The van der Waals surface area contributed by atoms with E-state index in [2.05, 4.69) is 88.8 Å². The molecule has 0 unspecified atom stereocenters. The van der Waals surface area contributed by atoms with Crippen LogP contribution in [0.5, 0.6) is 0 Å². The minimum atomic E-state index is 0.605. The lowest BCUT2D eigenvalue weighted by molar-refractivity contribution is 0.669. The summed E-state index contributed by atoms with van der Waals surface area (Å²) in [7, 11) is 0. The van der Waals surface area contributed by atoms with Crippen molar-refractivity contribution in [3.8, 4) is 67.5 Å². The van der Waals surface area contributed by atoms with E-state index >= 15 is 0 Å². The van der Waals surface area contributed by atoms with E-state index in [1.165, 1.54) is 0 Å². The van der Waals surface area contributed by atoms with Gasteiger partial charge in [-0.2, -0.15) is 0 Å². The van der Waals surface area contributed by atoms with E-state index < -0.39 is 0 Å². The summed E-state index contributed by atoms with van der Waals surface area (Å²) in [5, 5.41) is 4.21. The standard InChI is InChI=1S/C50H30N4O2/c1-3-12-31(13-4-1)35-29-51-49(52-30-35)33-22-24-34(25-23-33)50-53-42(32-14-5-2-6-15-32)28-43(54-50)40-27-26-37(46-41-17-8-10-21-45(41)56-48(40)46)39-19-11-18-38-36-16-7-9-20-44(36)55-47(38)39/h1-30H. The van der Waals surface area contributed by atoms with E-state index in [9.17, 15) is 0 Å². The molecule has 4 aromatic heterocycles. The fourth-order valence-electron chi connectivity index (χ4n) is 7.71. The number of aromatic nitrogens is 4. The van der Waals surface area contributed by atoms with Gasteiger partial charge in [-0.25, -0.2) is 19.9 Å². The summed E-state index contributed by atoms with van der Waals surface area (Å²) in [4.78, 5) is 19.7. The number of benzene rings is 7. The summed E-state index contributed by atoms with van der Waals surface area (Å²) in [6.07, 6.45) is 3.73. The molecule has 0 aliphatic rings. The molecule has 0 aliphatic carbocycles. The Balaban J connectivity index is 1.06. The van der Waals surface area contributed by atoms with Gasteiger partial charge in [0.15, 0.2) is 11.6 Å². The van der Waals surface area contributed by atoms with Gasteiger partial charge < -0.3 is 8.83 Å². The van der Waals surface area contributed by atoms with Gasteiger partial charge in [-0.3, -0.25) is 0 Å². The van der Waals surface area contributed by atoms with Crippen molar-refractivity contribution in [1.82, 2.24) is 19.9 Å². The van der Waals surface area contributed by atoms with Crippen LogP contribution in [0.3, 0.4) is 0 Å². The Morgan fingerprint density at radius 2 is 0.911 bits per heavy atom. The molecule has 0 aliphatic heterocycles. The van der Waals surface area contributed by atoms with Gasteiger partial charge in [0.1, 0.15) is 22.3 Å². The molecule has 0 amide bonds. The largest absolute Gasteiger partial charge is 0.455 e. The quantitative estimate of drug-likeness (QED) is 0.170. The van der Waals surface area contributed by atoms with Gasteiger partial charge in [0.2, 0.25) is 0 Å². The van der Waals surface area contributed by atoms with E-state index in [0.717, 1.165) is 99.8 Å². The highest BCUT2D eigenvalue weighted by atomic mass is 16.3. The third kappa shape index (κ3) is 5.35. The van der Waals surface area contributed by atoms with Crippen LogP contribution in [-0.2, 0) is 0 Å². The summed E-state index contributed by atoms with van der Waals surface area (Å²) in [6.45, 7) is 0. The van der Waals surface area contributed by atoms with Crippen LogP contribution in [0.15, 0.2) is 191 Å². The normalized spacial score (nSPS) is 11.6. The zero-order valence-corrected chi connectivity index (χ0v) is 29.9. The molecule has 0 saturated carbocycles. The molecule has 4 heterocycles. The number of rotatable bonds is 6. The Bertz CT molecular complexity index is 3220. The minimum absolute atomic E-state index is 0.605. The van der Waals surface area contributed by atoms with Crippen LogP contribution in [0.2, 0.25) is 0 Å². The highest BCUT2D eigenvalue weighted by molar-refractivity contribution is 6.19. The monoisotopic (exact) mass is 718 g/mol. The second-order valence-electron chi connectivity index (χ2n) is 13.8. The topological polar surface area (TPSA) is 77.8 Å². The van der Waals surface area contributed by atoms with Crippen molar-refractivity contribution in [2.75, 3.05) is 0 Å². The Labute approximate surface area is 321 Å². The third-order valence-corrected chi connectivity index (χ3v) is 10.5. The van der Waals surface area contributed by atoms with Gasteiger partial charge in [0, 0.05) is 67.3 Å². The molecule has 0 atom stereocenters. The van der Waals surface area contributed by atoms with Crippen molar-refractivity contribution < 1.29 is 8.83 Å². The molecule has 262 valence electrons. The van der Waals surface area contributed by atoms with Crippen molar-refractivity contribution in [1.29, 1.82) is 0 Å². The fraction of sp³-hybridized carbons (Fsp3) is 0. The molecule has 0 bridgehead atoms. The van der Waals surface area contributed by atoms with E-state index in [0.29, 0.717) is 11.6 Å². The maximum absolute atomic E-state index is 6.76. The number of furan rings is 2. The molecule has 6 nitrogen and oxygen atoms in total. The number of nitrogens with zero attached hydrogens (tertiary/aromatic N) is 4. The van der Waals surface area contributed by atoms with Crippen molar-refractivity contribution >= 4 is 43.9 Å². The maximum Gasteiger partial charge on any atom is 0.160 e. The average Bonchev–Trinajstić information content (AvgIpc) is 3.86. The molecule has 0 N–H and O–H groups in total. The first-order chi connectivity index (χ1) is 27.7. The average molecular weight is 719 g/mol. The zero-order valence-electron chi connectivity index (χ0n) is 29.9. The van der Waals surface area contributed by atoms with Gasteiger partial charge in [0.25, 0.3) is 0 Å². The molecule has 0 spiro atoms. The van der Waals surface area contributed by atoms with Crippen LogP contribution in [-0.4, -0.2) is 19.9 Å². The smallest absolute Gasteiger partial charge is 0.160 e. The van der Waals surface area contributed by atoms with Gasteiger partial charge in [-0.05, 0) is 35.4 Å². The fourth-order valence-corrected chi connectivity index (χ4v) is 7.71. The summed E-state index contributed by atoms with van der Waals surface area (Å²) >= 11 is 0. The molecular weight excluding hydrogens is 689 g/mol. The first kappa shape index (κ1) is 31.8. The van der Waals surface area contributed by atoms with E-state index in [1.807, 2.05) is 103 Å². The molecule has 0 fully saturated rings. The highest BCUT2D eigenvalue weighted by Crippen LogP contribution is 2.45. The number of hydrogen-bond acceptors (Lipinski definition) is 6. The lowest BCUT2D eigenvalue weighted by atomic mass is 9.94. The molecule has 0 saturated heterocycles. The van der Waals surface area contributed by atoms with Crippen molar-refractivity contribution in [2.24, 2.45) is 0 Å². The lowest BCUT2D eigenvalue weighted by Crippen LogP contribution is -1.97. The first-order valence-electron chi connectivity index (χ1n) is 18.5. The van der Waals surface area contributed by atoms with Gasteiger partial charge >= 0.3 is 0 Å². The molecule has 6 heteroatoms. The van der Waals surface area contributed by atoms with Crippen LogP contribution in [0, 0.1) is 0 Å². The number of fused-ring (bicyclic) bond motifs is 6. The number of hydrogen-bond donors (Lipinski definition) is 0. The first-order valence-corrected chi connectivity index (χ1v) is 18.5. The van der Waals surface area contributed by atoms with Crippen molar-refractivity contribution in [2.45, 2.75) is 0 Å². The van der Waals surface area contributed by atoms with Gasteiger partial charge in [-0.15, -0.1) is 0 Å². The summed E-state index contributed by atoms with van der Waals surface area (Å²) in [6, 6.07) is 57.5. The second kappa shape index (κ2) is 13.0. The predicted octanol–water partition coefficient (Wildman–Crippen LogP) is 13.1.